The number of ether oxygens (including phenoxy) is 1. The average molecular weight is 431 g/mol. The second-order valence-electron chi connectivity index (χ2n) is 8.40. The Hall–Kier alpha value is -2.30. The Labute approximate surface area is 185 Å². The number of rotatable bonds is 17. The first-order valence-corrected chi connectivity index (χ1v) is 12.1. The number of fused-ring (bicyclic) bond motifs is 1. The number of hydrogen-bond donors (Lipinski definition) is 1. The van der Waals surface area contributed by atoms with Crippen molar-refractivity contribution in [3.63, 3.8) is 0 Å². The molecule has 0 aliphatic carbocycles. The molecule has 0 aliphatic heterocycles. The van der Waals surface area contributed by atoms with E-state index in [9.17, 15) is 9.59 Å². The van der Waals surface area contributed by atoms with Crippen LogP contribution in [-0.4, -0.2) is 17.7 Å². The minimum absolute atomic E-state index is 0.341. The lowest BCUT2D eigenvalue weighted by atomic mass is 10.0. The van der Waals surface area contributed by atoms with Crippen molar-refractivity contribution < 1.29 is 19.1 Å². The molecule has 172 valence electrons. The maximum absolute atomic E-state index is 11.7. The highest BCUT2D eigenvalue weighted by molar-refractivity contribution is 5.91. The van der Waals surface area contributed by atoms with Gasteiger partial charge in [0.25, 0.3) is 0 Å². The molecule has 0 spiro atoms. The van der Waals surface area contributed by atoms with Crippen LogP contribution in [0, 0.1) is 0 Å². The Morgan fingerprint density at radius 1 is 0.839 bits per heavy atom. The fraction of sp³-hybridized carbons (Fsp3) is 0.615. The van der Waals surface area contributed by atoms with Crippen molar-refractivity contribution >= 4 is 16.9 Å². The van der Waals surface area contributed by atoms with E-state index in [1.165, 1.54) is 83.1 Å². The van der Waals surface area contributed by atoms with E-state index in [4.69, 9.17) is 14.3 Å². The second-order valence-corrected chi connectivity index (χ2v) is 8.40. The molecule has 0 radical (unpaired) electrons. The van der Waals surface area contributed by atoms with E-state index in [0.29, 0.717) is 23.3 Å². The van der Waals surface area contributed by atoms with Gasteiger partial charge in [-0.3, -0.25) is 0 Å². The molecule has 5 heteroatoms. The van der Waals surface area contributed by atoms with Crippen molar-refractivity contribution in [1.29, 1.82) is 0 Å². The summed E-state index contributed by atoms with van der Waals surface area (Å²) in [7, 11) is 0. The molecule has 0 fully saturated rings. The molecule has 0 bridgehead atoms. The Bertz CT molecular complexity index is 839. The zero-order valence-electron chi connectivity index (χ0n) is 19.0. The summed E-state index contributed by atoms with van der Waals surface area (Å²) in [5.41, 5.74) is -0.860. The number of benzene rings is 1. The minimum Gasteiger partial charge on any atom is -0.493 e. The van der Waals surface area contributed by atoms with Crippen molar-refractivity contribution in [3.8, 4) is 5.75 Å². The lowest BCUT2D eigenvalue weighted by Crippen LogP contribution is -2.12. The average Bonchev–Trinajstić information content (AvgIpc) is 2.75. The number of carboxylic acids is 1. The third-order valence-corrected chi connectivity index (χ3v) is 5.70. The molecule has 1 N–H and O–H groups in total. The lowest BCUT2D eigenvalue weighted by molar-refractivity contribution is 0.0692. The highest BCUT2D eigenvalue weighted by Crippen LogP contribution is 2.21. The molecule has 2 aromatic rings. The molecule has 5 nitrogen and oxygen atoms in total. The van der Waals surface area contributed by atoms with Crippen molar-refractivity contribution in [2.24, 2.45) is 0 Å². The maximum Gasteiger partial charge on any atom is 0.351 e. The smallest absolute Gasteiger partial charge is 0.351 e. The Morgan fingerprint density at radius 3 is 1.94 bits per heavy atom. The van der Waals surface area contributed by atoms with Gasteiger partial charge in [0.15, 0.2) is 0 Å². The predicted octanol–water partition coefficient (Wildman–Crippen LogP) is 7.35. The van der Waals surface area contributed by atoms with Crippen LogP contribution in [0.1, 0.15) is 107 Å². The molecule has 1 heterocycles. The summed E-state index contributed by atoms with van der Waals surface area (Å²) >= 11 is 0. The van der Waals surface area contributed by atoms with Crippen LogP contribution in [0.2, 0.25) is 0 Å². The van der Waals surface area contributed by atoms with E-state index in [2.05, 4.69) is 6.92 Å². The van der Waals surface area contributed by atoms with E-state index < -0.39 is 11.6 Å². The van der Waals surface area contributed by atoms with Gasteiger partial charge in [-0.15, -0.1) is 0 Å². The molecule has 0 atom stereocenters. The number of hydrogen-bond acceptors (Lipinski definition) is 4. The zero-order chi connectivity index (χ0) is 22.3. The predicted molar refractivity (Wildman–Crippen MR) is 125 cm³/mol. The second kappa shape index (κ2) is 14.7. The van der Waals surface area contributed by atoms with Gasteiger partial charge in [-0.1, -0.05) is 90.4 Å². The van der Waals surface area contributed by atoms with Gasteiger partial charge in [-0.25, -0.2) is 9.59 Å². The van der Waals surface area contributed by atoms with E-state index in [-0.39, 0.29) is 5.56 Å². The van der Waals surface area contributed by atoms with Crippen LogP contribution < -0.4 is 10.4 Å². The fourth-order valence-corrected chi connectivity index (χ4v) is 3.82. The SMILES string of the molecule is CCCCCCCCCCCCCCCCOc1ccc2cc(C(=O)O)c(=O)oc2c1. The summed E-state index contributed by atoms with van der Waals surface area (Å²) in [4.78, 5) is 22.7. The van der Waals surface area contributed by atoms with Gasteiger partial charge < -0.3 is 14.3 Å². The molecule has 0 saturated heterocycles. The molecular weight excluding hydrogens is 392 g/mol. The van der Waals surface area contributed by atoms with Gasteiger partial charge in [0, 0.05) is 11.5 Å². The highest BCUT2D eigenvalue weighted by atomic mass is 16.5. The van der Waals surface area contributed by atoms with Crippen LogP contribution >= 0.6 is 0 Å². The highest BCUT2D eigenvalue weighted by Gasteiger charge is 2.12. The van der Waals surface area contributed by atoms with E-state index in [0.717, 1.165) is 12.8 Å². The first-order valence-electron chi connectivity index (χ1n) is 12.1. The van der Waals surface area contributed by atoms with Gasteiger partial charge >= 0.3 is 11.6 Å². The number of carbonyl (C=O) groups is 1. The Kier molecular flexibility index (Phi) is 11.8. The van der Waals surface area contributed by atoms with Gasteiger partial charge in [-0.2, -0.15) is 0 Å². The van der Waals surface area contributed by atoms with Gasteiger partial charge in [0.2, 0.25) is 0 Å². The summed E-state index contributed by atoms with van der Waals surface area (Å²) < 4.78 is 10.9. The molecule has 0 saturated carbocycles. The molecule has 0 unspecified atom stereocenters. The largest absolute Gasteiger partial charge is 0.493 e. The molecule has 0 amide bonds. The quantitative estimate of drug-likeness (QED) is 0.210. The first kappa shape index (κ1) is 25.0. The van der Waals surface area contributed by atoms with Crippen molar-refractivity contribution in [2.45, 2.75) is 96.8 Å². The topological polar surface area (TPSA) is 76.7 Å². The van der Waals surface area contributed by atoms with Crippen LogP contribution in [0.15, 0.2) is 33.5 Å². The maximum atomic E-state index is 11.7. The van der Waals surface area contributed by atoms with Gasteiger partial charge in [-0.05, 0) is 24.6 Å². The lowest BCUT2D eigenvalue weighted by Gasteiger charge is -2.07. The summed E-state index contributed by atoms with van der Waals surface area (Å²) in [6.07, 6.45) is 18.5. The summed E-state index contributed by atoms with van der Waals surface area (Å²) in [5.74, 6) is -0.651. The Morgan fingerprint density at radius 2 is 1.39 bits per heavy atom. The van der Waals surface area contributed by atoms with Crippen LogP contribution in [-0.2, 0) is 0 Å². The van der Waals surface area contributed by atoms with Crippen LogP contribution in [0.25, 0.3) is 11.0 Å². The van der Waals surface area contributed by atoms with Crippen LogP contribution in [0.5, 0.6) is 5.75 Å². The molecule has 31 heavy (non-hydrogen) atoms. The third kappa shape index (κ3) is 9.58. The number of aromatic carboxylic acids is 1. The zero-order valence-corrected chi connectivity index (χ0v) is 19.0. The molecular formula is C26H38O5. The van der Waals surface area contributed by atoms with Crippen molar-refractivity contribution in [3.05, 3.63) is 40.2 Å². The summed E-state index contributed by atoms with van der Waals surface area (Å²) in [5, 5.41) is 9.57. The van der Waals surface area contributed by atoms with Gasteiger partial charge in [0.05, 0.1) is 6.61 Å². The van der Waals surface area contributed by atoms with E-state index in [1.54, 1.807) is 18.2 Å². The molecule has 0 aliphatic rings. The van der Waals surface area contributed by atoms with E-state index >= 15 is 0 Å². The first-order chi connectivity index (χ1) is 15.1. The van der Waals surface area contributed by atoms with Gasteiger partial charge in [0.1, 0.15) is 16.9 Å². The molecule has 1 aromatic heterocycles. The van der Waals surface area contributed by atoms with Crippen LogP contribution in [0.4, 0.5) is 0 Å². The normalized spacial score (nSPS) is 11.1. The minimum atomic E-state index is -1.28. The monoisotopic (exact) mass is 430 g/mol. The molecule has 1 aromatic carbocycles. The van der Waals surface area contributed by atoms with Crippen molar-refractivity contribution in [2.75, 3.05) is 6.61 Å². The Balaban J connectivity index is 1.51. The standard InChI is InChI=1S/C26H38O5/c1-2-3-4-5-6-7-8-9-10-11-12-13-14-15-18-30-22-17-16-21-19-23(25(27)28)26(29)31-24(21)20-22/h16-17,19-20H,2-15,18H2,1H3,(H,27,28). The van der Waals surface area contributed by atoms with E-state index in [1.807, 2.05) is 0 Å². The summed E-state index contributed by atoms with van der Waals surface area (Å²) in [6, 6.07) is 6.47. The summed E-state index contributed by atoms with van der Waals surface area (Å²) in [6.45, 7) is 2.89. The fourth-order valence-electron chi connectivity index (χ4n) is 3.82. The third-order valence-electron chi connectivity index (χ3n) is 5.70. The van der Waals surface area contributed by atoms with Crippen molar-refractivity contribution in [1.82, 2.24) is 0 Å². The number of carboxylic acid groups (broad SMARTS) is 1. The molecule has 2 rings (SSSR count). The number of unbranched alkanes of at least 4 members (excludes halogenated alkanes) is 13. The van der Waals surface area contributed by atoms with Crippen LogP contribution in [0.3, 0.4) is 0 Å².